The number of rotatable bonds is 3. The van der Waals surface area contributed by atoms with Crippen molar-refractivity contribution in [3.05, 3.63) is 53.8 Å². The molecule has 0 aromatic heterocycles. The van der Waals surface area contributed by atoms with E-state index in [1.807, 2.05) is 0 Å². The Bertz CT molecular complexity index is 596. The molecule has 5 heteroatoms. The molecule has 19 heavy (non-hydrogen) atoms. The molecule has 3 nitrogen and oxygen atoms in total. The molecule has 1 N–H and O–H groups in total. The lowest BCUT2D eigenvalue weighted by Crippen LogP contribution is -2.00. The van der Waals surface area contributed by atoms with E-state index in [0.29, 0.717) is 10.5 Å². The van der Waals surface area contributed by atoms with Gasteiger partial charge >= 0.3 is 5.97 Å². The third kappa shape index (κ3) is 3.26. The zero-order valence-electron chi connectivity index (χ0n) is 10.1. The van der Waals surface area contributed by atoms with Crippen molar-refractivity contribution in [1.29, 1.82) is 0 Å². The Morgan fingerprint density at radius 1 is 1.21 bits per heavy atom. The number of hydrogen-bond acceptors (Lipinski definition) is 4. The number of ether oxygens (including phenoxy) is 1. The smallest absolute Gasteiger partial charge is 0.337 e. The molecule has 2 aromatic rings. The molecule has 0 aliphatic carbocycles. The first-order chi connectivity index (χ1) is 9.10. The van der Waals surface area contributed by atoms with Gasteiger partial charge in [0.05, 0.1) is 12.7 Å². The fraction of sp³-hybridized carbons (Fsp3) is 0.0714. The fourth-order valence-electron chi connectivity index (χ4n) is 1.48. The molecule has 0 radical (unpaired) electrons. The van der Waals surface area contributed by atoms with Crippen molar-refractivity contribution in [2.45, 2.75) is 9.79 Å². The standard InChI is InChI=1S/C14H11FO3S/c1-18-14(17)9-2-5-11(6-3-9)19-13-7-4-10(16)8-12(13)15/h2-8,16H,1H3. The van der Waals surface area contributed by atoms with Crippen molar-refractivity contribution in [2.24, 2.45) is 0 Å². The van der Waals surface area contributed by atoms with Crippen molar-refractivity contribution < 1.29 is 19.0 Å². The van der Waals surface area contributed by atoms with Crippen molar-refractivity contribution >= 4 is 17.7 Å². The predicted molar refractivity (Wildman–Crippen MR) is 70.0 cm³/mol. The van der Waals surface area contributed by atoms with Crippen LogP contribution in [-0.4, -0.2) is 18.2 Å². The summed E-state index contributed by atoms with van der Waals surface area (Å²) < 4.78 is 18.1. The monoisotopic (exact) mass is 278 g/mol. The molecule has 0 bridgehead atoms. The van der Waals surface area contributed by atoms with Crippen LogP contribution in [0.5, 0.6) is 5.75 Å². The summed E-state index contributed by atoms with van der Waals surface area (Å²) >= 11 is 1.21. The van der Waals surface area contributed by atoms with Gasteiger partial charge in [-0.1, -0.05) is 11.8 Å². The third-order valence-electron chi connectivity index (χ3n) is 2.42. The van der Waals surface area contributed by atoms with Gasteiger partial charge in [-0.15, -0.1) is 0 Å². The zero-order chi connectivity index (χ0) is 13.8. The Morgan fingerprint density at radius 2 is 1.89 bits per heavy atom. The van der Waals surface area contributed by atoms with Crippen LogP contribution in [0.1, 0.15) is 10.4 Å². The van der Waals surface area contributed by atoms with Crippen molar-refractivity contribution in [3.63, 3.8) is 0 Å². The van der Waals surface area contributed by atoms with Gasteiger partial charge in [-0.25, -0.2) is 9.18 Å². The average molecular weight is 278 g/mol. The molecular weight excluding hydrogens is 267 g/mol. The van der Waals surface area contributed by atoms with E-state index in [2.05, 4.69) is 4.74 Å². The molecule has 2 rings (SSSR count). The number of methoxy groups -OCH3 is 1. The Morgan fingerprint density at radius 3 is 2.47 bits per heavy atom. The predicted octanol–water partition coefficient (Wildman–Crippen LogP) is 3.47. The summed E-state index contributed by atoms with van der Waals surface area (Å²) in [5.41, 5.74) is 0.443. The van der Waals surface area contributed by atoms with E-state index < -0.39 is 11.8 Å². The Balaban J connectivity index is 2.17. The Hall–Kier alpha value is -2.01. The van der Waals surface area contributed by atoms with Crippen LogP contribution in [0.2, 0.25) is 0 Å². The number of aromatic hydroxyl groups is 1. The van der Waals surface area contributed by atoms with Gasteiger partial charge in [0.1, 0.15) is 11.6 Å². The summed E-state index contributed by atoms with van der Waals surface area (Å²) in [4.78, 5) is 12.5. The summed E-state index contributed by atoms with van der Waals surface area (Å²) in [6, 6.07) is 10.6. The molecule has 0 heterocycles. The minimum Gasteiger partial charge on any atom is -0.508 e. The quantitative estimate of drug-likeness (QED) is 0.873. The molecule has 0 atom stereocenters. The minimum absolute atomic E-state index is 0.108. The van der Waals surface area contributed by atoms with E-state index in [1.165, 1.54) is 31.0 Å². The first-order valence-corrected chi connectivity index (χ1v) is 6.26. The molecule has 0 spiro atoms. The number of benzene rings is 2. The molecule has 0 saturated heterocycles. The SMILES string of the molecule is COC(=O)c1ccc(Sc2ccc(O)cc2F)cc1. The molecule has 0 unspecified atom stereocenters. The van der Waals surface area contributed by atoms with Crippen LogP contribution in [0.15, 0.2) is 52.3 Å². The molecule has 0 saturated carbocycles. The zero-order valence-corrected chi connectivity index (χ0v) is 10.9. The lowest BCUT2D eigenvalue weighted by molar-refractivity contribution is 0.0600. The van der Waals surface area contributed by atoms with Crippen LogP contribution in [0.25, 0.3) is 0 Å². The molecular formula is C14H11FO3S. The summed E-state index contributed by atoms with van der Waals surface area (Å²) in [5, 5.41) is 9.13. The van der Waals surface area contributed by atoms with Gasteiger partial charge in [-0.2, -0.15) is 0 Å². The van der Waals surface area contributed by atoms with E-state index >= 15 is 0 Å². The maximum absolute atomic E-state index is 13.5. The number of phenols is 1. The van der Waals surface area contributed by atoms with E-state index in [4.69, 9.17) is 5.11 Å². The molecule has 98 valence electrons. The van der Waals surface area contributed by atoms with Crippen LogP contribution < -0.4 is 0 Å². The van der Waals surface area contributed by atoms with Gasteiger partial charge in [0.15, 0.2) is 0 Å². The maximum Gasteiger partial charge on any atom is 0.337 e. The number of phenolic OH excluding ortho intramolecular Hbond substituents is 1. The molecule has 0 aliphatic rings. The molecule has 2 aromatic carbocycles. The first kappa shape index (κ1) is 13.4. The second kappa shape index (κ2) is 5.75. The Labute approximate surface area is 114 Å². The summed E-state index contributed by atoms with van der Waals surface area (Å²) in [5.74, 6) is -1.00. The number of halogens is 1. The van der Waals surface area contributed by atoms with E-state index in [-0.39, 0.29) is 5.75 Å². The molecule has 0 amide bonds. The number of carbonyl (C=O) groups excluding carboxylic acids is 1. The normalized spacial score (nSPS) is 10.2. The summed E-state index contributed by atoms with van der Waals surface area (Å²) in [7, 11) is 1.32. The number of carbonyl (C=O) groups is 1. The second-order valence-corrected chi connectivity index (χ2v) is 4.85. The van der Waals surface area contributed by atoms with Crippen LogP contribution in [0.3, 0.4) is 0 Å². The largest absolute Gasteiger partial charge is 0.508 e. The topological polar surface area (TPSA) is 46.5 Å². The van der Waals surface area contributed by atoms with Gasteiger partial charge in [-0.05, 0) is 36.4 Å². The van der Waals surface area contributed by atoms with E-state index in [0.717, 1.165) is 11.0 Å². The molecule has 0 fully saturated rings. The van der Waals surface area contributed by atoms with Gasteiger partial charge < -0.3 is 9.84 Å². The van der Waals surface area contributed by atoms with Crippen LogP contribution >= 0.6 is 11.8 Å². The fourth-order valence-corrected chi connectivity index (χ4v) is 2.30. The first-order valence-electron chi connectivity index (χ1n) is 5.45. The maximum atomic E-state index is 13.5. The average Bonchev–Trinajstić information content (AvgIpc) is 2.42. The van der Waals surface area contributed by atoms with Crippen LogP contribution in [-0.2, 0) is 4.74 Å². The van der Waals surface area contributed by atoms with Crippen LogP contribution in [0, 0.1) is 5.82 Å². The second-order valence-electron chi connectivity index (χ2n) is 3.73. The van der Waals surface area contributed by atoms with Crippen molar-refractivity contribution in [3.8, 4) is 5.75 Å². The summed E-state index contributed by atoms with van der Waals surface area (Å²) in [6.07, 6.45) is 0. The number of hydrogen-bond donors (Lipinski definition) is 1. The van der Waals surface area contributed by atoms with Gasteiger partial charge in [-0.3, -0.25) is 0 Å². The van der Waals surface area contributed by atoms with Gasteiger partial charge in [0.2, 0.25) is 0 Å². The third-order valence-corrected chi connectivity index (χ3v) is 3.48. The summed E-state index contributed by atoms with van der Waals surface area (Å²) in [6.45, 7) is 0. The van der Waals surface area contributed by atoms with Crippen molar-refractivity contribution in [2.75, 3.05) is 7.11 Å². The lowest BCUT2D eigenvalue weighted by Gasteiger charge is -2.04. The highest BCUT2D eigenvalue weighted by molar-refractivity contribution is 7.99. The van der Waals surface area contributed by atoms with Crippen LogP contribution in [0.4, 0.5) is 4.39 Å². The number of esters is 1. The van der Waals surface area contributed by atoms with Crippen molar-refractivity contribution in [1.82, 2.24) is 0 Å². The van der Waals surface area contributed by atoms with E-state index in [9.17, 15) is 9.18 Å². The highest BCUT2D eigenvalue weighted by Crippen LogP contribution is 2.31. The van der Waals surface area contributed by atoms with Gasteiger partial charge in [0, 0.05) is 15.9 Å². The Kier molecular flexibility index (Phi) is 4.06. The minimum atomic E-state index is -0.484. The highest BCUT2D eigenvalue weighted by Gasteiger charge is 2.07. The van der Waals surface area contributed by atoms with E-state index in [1.54, 1.807) is 24.3 Å². The van der Waals surface area contributed by atoms with Gasteiger partial charge in [0.25, 0.3) is 0 Å². The highest BCUT2D eigenvalue weighted by atomic mass is 32.2. The molecule has 0 aliphatic heterocycles. The lowest BCUT2D eigenvalue weighted by atomic mass is 10.2.